The quantitative estimate of drug-likeness (QED) is 0.839. The fourth-order valence-electron chi connectivity index (χ4n) is 3.80. The summed E-state index contributed by atoms with van der Waals surface area (Å²) in [6.07, 6.45) is 6.30. The molecule has 2 aliphatic rings. The van der Waals surface area contributed by atoms with Crippen LogP contribution in [-0.4, -0.2) is 47.0 Å². The highest BCUT2D eigenvalue weighted by Crippen LogP contribution is 2.38. The average Bonchev–Trinajstić information content (AvgIpc) is 3.26. The van der Waals surface area contributed by atoms with Crippen molar-refractivity contribution < 1.29 is 0 Å². The lowest BCUT2D eigenvalue weighted by atomic mass is 10.0. The molecule has 0 unspecified atom stereocenters. The van der Waals surface area contributed by atoms with E-state index in [0.717, 1.165) is 37.1 Å². The average molecular weight is 329 g/mol. The van der Waals surface area contributed by atoms with Crippen molar-refractivity contribution in [1.29, 1.82) is 0 Å². The lowest BCUT2D eigenvalue weighted by Crippen LogP contribution is -2.42. The smallest absolute Gasteiger partial charge is 0.147 e. The van der Waals surface area contributed by atoms with E-state index in [1.165, 1.54) is 37.9 Å². The third-order valence-electron chi connectivity index (χ3n) is 5.38. The predicted molar refractivity (Wildman–Crippen MR) is 90.5 cm³/mol. The summed E-state index contributed by atoms with van der Waals surface area (Å²) < 4.78 is 4.28. The minimum Gasteiger partial charge on any atom is -0.317 e. The van der Waals surface area contributed by atoms with Gasteiger partial charge in [-0.3, -0.25) is 4.90 Å². The number of hydrogen-bond acceptors (Lipinski definition) is 5. The van der Waals surface area contributed by atoms with Crippen LogP contribution in [0.3, 0.4) is 0 Å². The van der Waals surface area contributed by atoms with Crippen molar-refractivity contribution in [1.82, 2.24) is 34.4 Å². The SMILES string of the molecule is Cc1nc(C)n(C[C@H]2CCCCN2Cc2nnc(C3CC3)n2C)n1. The molecule has 0 bridgehead atoms. The molecule has 7 nitrogen and oxygen atoms in total. The van der Waals surface area contributed by atoms with Crippen molar-refractivity contribution in [2.75, 3.05) is 6.54 Å². The van der Waals surface area contributed by atoms with Crippen LogP contribution in [0.15, 0.2) is 0 Å². The van der Waals surface area contributed by atoms with Gasteiger partial charge in [-0.1, -0.05) is 6.42 Å². The first-order valence-electron chi connectivity index (χ1n) is 9.12. The van der Waals surface area contributed by atoms with Gasteiger partial charge in [0, 0.05) is 19.0 Å². The number of aromatic nitrogens is 6. The van der Waals surface area contributed by atoms with E-state index in [4.69, 9.17) is 0 Å². The third-order valence-corrected chi connectivity index (χ3v) is 5.38. The van der Waals surface area contributed by atoms with E-state index in [1.54, 1.807) is 0 Å². The molecule has 1 aliphatic heterocycles. The summed E-state index contributed by atoms with van der Waals surface area (Å²) >= 11 is 0. The van der Waals surface area contributed by atoms with Gasteiger partial charge in [-0.2, -0.15) is 5.10 Å². The van der Waals surface area contributed by atoms with E-state index in [0.29, 0.717) is 12.0 Å². The number of piperidine rings is 1. The monoisotopic (exact) mass is 329 g/mol. The molecule has 1 saturated heterocycles. The third kappa shape index (κ3) is 3.09. The molecule has 0 radical (unpaired) electrons. The zero-order valence-corrected chi connectivity index (χ0v) is 14.9. The topological polar surface area (TPSA) is 64.7 Å². The zero-order valence-electron chi connectivity index (χ0n) is 14.9. The Morgan fingerprint density at radius 3 is 2.62 bits per heavy atom. The molecule has 1 saturated carbocycles. The van der Waals surface area contributed by atoms with Crippen molar-refractivity contribution >= 4 is 0 Å². The highest BCUT2D eigenvalue weighted by Gasteiger charge is 2.30. The molecule has 4 rings (SSSR count). The Hall–Kier alpha value is -1.76. The molecule has 0 spiro atoms. The largest absolute Gasteiger partial charge is 0.317 e. The Balaban J connectivity index is 1.48. The summed E-state index contributed by atoms with van der Waals surface area (Å²) in [5, 5.41) is 13.4. The van der Waals surface area contributed by atoms with Crippen LogP contribution in [0.5, 0.6) is 0 Å². The molecular formula is C17H27N7. The minimum atomic E-state index is 0.500. The number of nitrogens with zero attached hydrogens (tertiary/aromatic N) is 7. The number of rotatable bonds is 5. The van der Waals surface area contributed by atoms with Crippen LogP contribution >= 0.6 is 0 Å². The summed E-state index contributed by atoms with van der Waals surface area (Å²) in [6.45, 7) is 6.93. The molecule has 2 fully saturated rings. The van der Waals surface area contributed by atoms with Gasteiger partial charge in [-0.05, 0) is 46.1 Å². The van der Waals surface area contributed by atoms with Crippen LogP contribution < -0.4 is 0 Å². The maximum Gasteiger partial charge on any atom is 0.147 e. The minimum absolute atomic E-state index is 0.500. The Morgan fingerprint density at radius 2 is 1.92 bits per heavy atom. The highest BCUT2D eigenvalue weighted by atomic mass is 15.4. The molecule has 2 aromatic heterocycles. The second-order valence-corrected chi connectivity index (χ2v) is 7.32. The van der Waals surface area contributed by atoms with E-state index in [1.807, 2.05) is 13.8 Å². The molecular weight excluding hydrogens is 302 g/mol. The molecule has 0 aromatic carbocycles. The lowest BCUT2D eigenvalue weighted by Gasteiger charge is -2.35. The summed E-state index contributed by atoms with van der Waals surface area (Å²) in [6, 6.07) is 0.500. The number of likely N-dealkylation sites (tertiary alicyclic amines) is 1. The lowest BCUT2D eigenvalue weighted by molar-refractivity contribution is 0.117. The Labute approximate surface area is 143 Å². The van der Waals surface area contributed by atoms with Gasteiger partial charge in [0.1, 0.15) is 23.3 Å². The Morgan fingerprint density at radius 1 is 1.08 bits per heavy atom. The van der Waals surface area contributed by atoms with Crippen LogP contribution in [0.1, 0.15) is 61.3 Å². The van der Waals surface area contributed by atoms with Gasteiger partial charge in [-0.25, -0.2) is 9.67 Å². The van der Waals surface area contributed by atoms with E-state index in [9.17, 15) is 0 Å². The van der Waals surface area contributed by atoms with Crippen LogP contribution in [0.25, 0.3) is 0 Å². The van der Waals surface area contributed by atoms with Crippen LogP contribution in [0.4, 0.5) is 0 Å². The molecule has 24 heavy (non-hydrogen) atoms. The van der Waals surface area contributed by atoms with Gasteiger partial charge in [0.25, 0.3) is 0 Å². The van der Waals surface area contributed by atoms with Crippen LogP contribution in [-0.2, 0) is 20.1 Å². The molecule has 1 aliphatic carbocycles. The van der Waals surface area contributed by atoms with Gasteiger partial charge in [0.2, 0.25) is 0 Å². The summed E-state index contributed by atoms with van der Waals surface area (Å²) in [7, 11) is 2.12. The second-order valence-electron chi connectivity index (χ2n) is 7.32. The van der Waals surface area contributed by atoms with E-state index < -0.39 is 0 Å². The number of aryl methyl sites for hydroxylation is 2. The summed E-state index contributed by atoms with van der Waals surface area (Å²) in [4.78, 5) is 6.99. The Kier molecular flexibility index (Phi) is 4.12. The van der Waals surface area contributed by atoms with Crippen LogP contribution in [0.2, 0.25) is 0 Å². The van der Waals surface area contributed by atoms with E-state index >= 15 is 0 Å². The predicted octanol–water partition coefficient (Wildman–Crippen LogP) is 1.96. The van der Waals surface area contributed by atoms with Gasteiger partial charge in [-0.15, -0.1) is 10.2 Å². The van der Waals surface area contributed by atoms with Crippen molar-refractivity contribution in [2.45, 2.75) is 71.0 Å². The van der Waals surface area contributed by atoms with Gasteiger partial charge >= 0.3 is 0 Å². The second kappa shape index (κ2) is 6.27. The maximum atomic E-state index is 4.54. The van der Waals surface area contributed by atoms with E-state index in [2.05, 4.69) is 41.5 Å². The molecule has 0 amide bonds. The van der Waals surface area contributed by atoms with Crippen molar-refractivity contribution in [3.05, 3.63) is 23.3 Å². The zero-order chi connectivity index (χ0) is 16.7. The summed E-state index contributed by atoms with van der Waals surface area (Å²) in [5.41, 5.74) is 0. The fourth-order valence-corrected chi connectivity index (χ4v) is 3.80. The Bertz CT molecular complexity index is 713. The van der Waals surface area contributed by atoms with Crippen molar-refractivity contribution in [2.24, 2.45) is 7.05 Å². The van der Waals surface area contributed by atoms with Gasteiger partial charge < -0.3 is 4.57 Å². The van der Waals surface area contributed by atoms with Crippen molar-refractivity contribution in [3.63, 3.8) is 0 Å². The maximum absolute atomic E-state index is 4.54. The first-order chi connectivity index (χ1) is 11.6. The van der Waals surface area contributed by atoms with E-state index in [-0.39, 0.29) is 0 Å². The van der Waals surface area contributed by atoms with Gasteiger partial charge in [0.05, 0.1) is 13.1 Å². The first-order valence-corrected chi connectivity index (χ1v) is 9.12. The van der Waals surface area contributed by atoms with Crippen molar-refractivity contribution in [3.8, 4) is 0 Å². The standard InChI is InChI=1S/C17H27N7/c1-12-18-13(2)24(21-12)10-15-6-4-5-9-23(15)11-16-19-20-17(22(16)3)14-7-8-14/h14-15H,4-11H2,1-3H3/t15-/m1/s1. The molecule has 7 heteroatoms. The molecule has 130 valence electrons. The number of hydrogen-bond donors (Lipinski definition) is 0. The first kappa shape index (κ1) is 15.7. The molecule has 1 atom stereocenters. The van der Waals surface area contributed by atoms with Gasteiger partial charge in [0.15, 0.2) is 0 Å². The fraction of sp³-hybridized carbons (Fsp3) is 0.765. The molecule has 0 N–H and O–H groups in total. The molecule has 3 heterocycles. The van der Waals surface area contributed by atoms with Crippen LogP contribution in [0, 0.1) is 13.8 Å². The summed E-state index contributed by atoms with van der Waals surface area (Å²) in [5.74, 6) is 4.77. The normalized spacial score (nSPS) is 22.2. The molecule has 2 aromatic rings. The highest BCUT2D eigenvalue weighted by molar-refractivity contribution is 5.08.